The van der Waals surface area contributed by atoms with Gasteiger partial charge in [0, 0.05) is 26.1 Å². The number of hydrogen-bond donors (Lipinski definition) is 2. The molecule has 0 bridgehead atoms. The van der Waals surface area contributed by atoms with Crippen molar-refractivity contribution in [1.82, 2.24) is 4.90 Å². The number of likely N-dealkylation sites (tertiary alicyclic amines) is 1. The van der Waals surface area contributed by atoms with Crippen LogP contribution in [0.15, 0.2) is 0 Å². The van der Waals surface area contributed by atoms with Crippen molar-refractivity contribution >= 4 is 5.91 Å². The predicted octanol–water partition coefficient (Wildman–Crippen LogP) is 0.132. The summed E-state index contributed by atoms with van der Waals surface area (Å²) in [4.78, 5) is 13.3. The first-order chi connectivity index (χ1) is 6.74. The van der Waals surface area contributed by atoms with Crippen LogP contribution in [0.25, 0.3) is 0 Å². The van der Waals surface area contributed by atoms with Crippen molar-refractivity contribution in [3.8, 4) is 0 Å². The topological polar surface area (TPSA) is 60.8 Å². The molecule has 1 aliphatic heterocycles. The van der Waals surface area contributed by atoms with E-state index in [0.717, 1.165) is 25.8 Å². The standard InChI is InChI=1S/C10H19NO3/c12-7-2-1-5-10(14)11-6-3-4-9(13)8-11/h9,12-13H,1-8H2. The van der Waals surface area contributed by atoms with Crippen LogP contribution in [0.4, 0.5) is 0 Å². The quantitative estimate of drug-likeness (QED) is 0.636. The number of aliphatic hydroxyl groups excluding tert-OH is 2. The minimum Gasteiger partial charge on any atom is -0.396 e. The zero-order chi connectivity index (χ0) is 10.4. The van der Waals surface area contributed by atoms with E-state index in [0.29, 0.717) is 19.4 Å². The van der Waals surface area contributed by atoms with Crippen LogP contribution in [0.3, 0.4) is 0 Å². The smallest absolute Gasteiger partial charge is 0.222 e. The van der Waals surface area contributed by atoms with Crippen LogP contribution >= 0.6 is 0 Å². The Hall–Kier alpha value is -0.610. The normalized spacial score (nSPS) is 22.4. The highest BCUT2D eigenvalue weighted by Crippen LogP contribution is 2.11. The van der Waals surface area contributed by atoms with Crippen molar-refractivity contribution in [3.05, 3.63) is 0 Å². The predicted molar refractivity (Wildman–Crippen MR) is 52.8 cm³/mol. The summed E-state index contributed by atoms with van der Waals surface area (Å²) in [6, 6.07) is 0. The summed E-state index contributed by atoms with van der Waals surface area (Å²) in [6.07, 6.45) is 3.27. The fourth-order valence-electron chi connectivity index (χ4n) is 1.73. The van der Waals surface area contributed by atoms with Gasteiger partial charge in [-0.05, 0) is 25.7 Å². The Morgan fingerprint density at radius 3 is 2.86 bits per heavy atom. The van der Waals surface area contributed by atoms with Gasteiger partial charge >= 0.3 is 0 Å². The van der Waals surface area contributed by atoms with Gasteiger partial charge in [0.15, 0.2) is 0 Å². The average Bonchev–Trinajstić information content (AvgIpc) is 2.18. The van der Waals surface area contributed by atoms with Gasteiger partial charge in [-0.15, -0.1) is 0 Å². The molecule has 0 aromatic rings. The van der Waals surface area contributed by atoms with Gasteiger partial charge in [0.2, 0.25) is 5.91 Å². The van der Waals surface area contributed by atoms with Gasteiger partial charge in [-0.2, -0.15) is 0 Å². The molecule has 1 saturated heterocycles. The molecule has 1 fully saturated rings. The zero-order valence-electron chi connectivity index (χ0n) is 8.48. The molecule has 1 unspecified atom stereocenters. The maximum atomic E-state index is 11.6. The molecule has 0 spiro atoms. The van der Waals surface area contributed by atoms with Crippen molar-refractivity contribution < 1.29 is 15.0 Å². The van der Waals surface area contributed by atoms with Crippen LogP contribution in [0.1, 0.15) is 32.1 Å². The number of piperidine rings is 1. The van der Waals surface area contributed by atoms with Crippen molar-refractivity contribution in [2.75, 3.05) is 19.7 Å². The van der Waals surface area contributed by atoms with Gasteiger partial charge in [0.1, 0.15) is 0 Å². The number of aliphatic hydroxyl groups is 2. The highest BCUT2D eigenvalue weighted by molar-refractivity contribution is 5.76. The van der Waals surface area contributed by atoms with E-state index < -0.39 is 0 Å². The number of rotatable bonds is 4. The SMILES string of the molecule is O=C(CCCCO)N1CCCC(O)C1. The number of unbranched alkanes of at least 4 members (excludes halogenated alkanes) is 1. The van der Waals surface area contributed by atoms with Crippen molar-refractivity contribution in [1.29, 1.82) is 0 Å². The summed E-state index contributed by atoms with van der Waals surface area (Å²) in [5.41, 5.74) is 0. The van der Waals surface area contributed by atoms with Crippen molar-refractivity contribution in [2.45, 2.75) is 38.2 Å². The fraction of sp³-hybridized carbons (Fsp3) is 0.900. The number of nitrogens with zero attached hydrogens (tertiary/aromatic N) is 1. The van der Waals surface area contributed by atoms with E-state index in [-0.39, 0.29) is 18.6 Å². The van der Waals surface area contributed by atoms with Gasteiger partial charge in [0.05, 0.1) is 6.10 Å². The molecule has 4 nitrogen and oxygen atoms in total. The van der Waals surface area contributed by atoms with Crippen molar-refractivity contribution in [2.24, 2.45) is 0 Å². The summed E-state index contributed by atoms with van der Waals surface area (Å²) >= 11 is 0. The molecule has 0 radical (unpaired) electrons. The highest BCUT2D eigenvalue weighted by Gasteiger charge is 2.21. The summed E-state index contributed by atoms with van der Waals surface area (Å²) in [7, 11) is 0. The number of amides is 1. The Kier molecular flexibility index (Phi) is 4.90. The molecule has 0 aromatic carbocycles. The second-order valence-corrected chi connectivity index (χ2v) is 3.82. The van der Waals surface area contributed by atoms with E-state index >= 15 is 0 Å². The van der Waals surface area contributed by atoms with Crippen LogP contribution in [-0.2, 0) is 4.79 Å². The second-order valence-electron chi connectivity index (χ2n) is 3.82. The third-order valence-electron chi connectivity index (χ3n) is 2.55. The van der Waals surface area contributed by atoms with Crippen LogP contribution in [-0.4, -0.2) is 46.8 Å². The summed E-state index contributed by atoms with van der Waals surface area (Å²) < 4.78 is 0. The minimum atomic E-state index is -0.342. The molecular formula is C10H19NO3. The zero-order valence-corrected chi connectivity index (χ0v) is 8.48. The van der Waals surface area contributed by atoms with Gasteiger partial charge in [-0.25, -0.2) is 0 Å². The molecule has 82 valence electrons. The lowest BCUT2D eigenvalue weighted by atomic mass is 10.1. The number of β-amino-alcohol motifs (C(OH)–C–C–N with tert-alkyl or cyclic N) is 1. The summed E-state index contributed by atoms with van der Waals surface area (Å²) in [5.74, 6) is 0.109. The number of hydrogen-bond acceptors (Lipinski definition) is 3. The van der Waals surface area contributed by atoms with E-state index in [1.807, 2.05) is 0 Å². The molecule has 4 heteroatoms. The Balaban J connectivity index is 2.22. The lowest BCUT2D eigenvalue weighted by molar-refractivity contribution is -0.134. The summed E-state index contributed by atoms with van der Waals surface area (Å²) in [5, 5.41) is 17.9. The largest absolute Gasteiger partial charge is 0.396 e. The fourth-order valence-corrected chi connectivity index (χ4v) is 1.73. The van der Waals surface area contributed by atoms with E-state index in [9.17, 15) is 9.90 Å². The molecule has 1 rings (SSSR count). The van der Waals surface area contributed by atoms with Crippen molar-refractivity contribution in [3.63, 3.8) is 0 Å². The molecule has 1 aliphatic rings. The van der Waals surface area contributed by atoms with E-state index in [4.69, 9.17) is 5.11 Å². The van der Waals surface area contributed by atoms with Gasteiger partial charge in [-0.1, -0.05) is 0 Å². The Morgan fingerprint density at radius 1 is 1.43 bits per heavy atom. The third-order valence-corrected chi connectivity index (χ3v) is 2.55. The maximum Gasteiger partial charge on any atom is 0.222 e. The molecule has 0 saturated carbocycles. The van der Waals surface area contributed by atoms with Gasteiger partial charge in [0.25, 0.3) is 0 Å². The lowest BCUT2D eigenvalue weighted by Crippen LogP contribution is -2.42. The maximum absolute atomic E-state index is 11.6. The molecule has 0 aliphatic carbocycles. The molecule has 2 N–H and O–H groups in total. The summed E-state index contributed by atoms with van der Waals surface area (Å²) in [6.45, 7) is 1.41. The van der Waals surface area contributed by atoms with Gasteiger partial charge in [-0.3, -0.25) is 4.79 Å². The average molecular weight is 201 g/mol. The lowest BCUT2D eigenvalue weighted by Gasteiger charge is -2.30. The third kappa shape index (κ3) is 3.64. The van der Waals surface area contributed by atoms with Crippen LogP contribution < -0.4 is 0 Å². The molecule has 0 aromatic heterocycles. The van der Waals surface area contributed by atoms with E-state index in [2.05, 4.69) is 0 Å². The number of carbonyl (C=O) groups is 1. The molecular weight excluding hydrogens is 182 g/mol. The molecule has 1 heterocycles. The molecule has 1 amide bonds. The van der Waals surface area contributed by atoms with Crippen LogP contribution in [0, 0.1) is 0 Å². The Morgan fingerprint density at radius 2 is 2.21 bits per heavy atom. The van der Waals surface area contributed by atoms with Crippen LogP contribution in [0.2, 0.25) is 0 Å². The first-order valence-electron chi connectivity index (χ1n) is 5.30. The monoisotopic (exact) mass is 201 g/mol. The Labute approximate surface area is 84.5 Å². The Bertz CT molecular complexity index is 184. The van der Waals surface area contributed by atoms with E-state index in [1.165, 1.54) is 0 Å². The highest BCUT2D eigenvalue weighted by atomic mass is 16.3. The second kappa shape index (κ2) is 5.98. The minimum absolute atomic E-state index is 0.109. The first kappa shape index (κ1) is 11.5. The molecule has 1 atom stereocenters. The first-order valence-corrected chi connectivity index (χ1v) is 5.30. The van der Waals surface area contributed by atoms with Gasteiger partial charge < -0.3 is 15.1 Å². The van der Waals surface area contributed by atoms with Crippen LogP contribution in [0.5, 0.6) is 0 Å². The molecule has 14 heavy (non-hydrogen) atoms. The number of carbonyl (C=O) groups excluding carboxylic acids is 1. The van der Waals surface area contributed by atoms with E-state index in [1.54, 1.807) is 4.90 Å².